The summed E-state index contributed by atoms with van der Waals surface area (Å²) in [5.74, 6) is 0.638. The summed E-state index contributed by atoms with van der Waals surface area (Å²) in [4.78, 5) is 0.855. The standard InChI is InChI=1S/C23H30N2OS/c1-18(2)17-24-14-13-22(15-19-7-4-3-5-8-19)25-27(26)23-12-11-20-9-6-10-21(20)16-23/h3-8,10-12,16,18,22,24-25H,9,13-15,17H2,1-2H3/t22-,27?/m1/s1. The zero-order valence-corrected chi connectivity index (χ0v) is 17.1. The van der Waals surface area contributed by atoms with E-state index in [0.29, 0.717) is 5.92 Å². The van der Waals surface area contributed by atoms with Crippen LogP contribution in [0.5, 0.6) is 0 Å². The van der Waals surface area contributed by atoms with Crippen molar-refractivity contribution >= 4 is 17.1 Å². The molecule has 4 heteroatoms. The Hall–Kier alpha value is -1.75. The van der Waals surface area contributed by atoms with Crippen molar-refractivity contribution in [2.24, 2.45) is 5.92 Å². The van der Waals surface area contributed by atoms with E-state index >= 15 is 0 Å². The van der Waals surface area contributed by atoms with Crippen LogP contribution in [0.4, 0.5) is 0 Å². The Morgan fingerprint density at radius 3 is 2.70 bits per heavy atom. The summed E-state index contributed by atoms with van der Waals surface area (Å²) in [6, 6.07) is 16.7. The third-order valence-electron chi connectivity index (χ3n) is 4.79. The van der Waals surface area contributed by atoms with Gasteiger partial charge in [-0.05, 0) is 67.1 Å². The maximum atomic E-state index is 12.9. The Kier molecular flexibility index (Phi) is 7.39. The average molecular weight is 383 g/mol. The third kappa shape index (κ3) is 6.13. The highest BCUT2D eigenvalue weighted by atomic mass is 32.2. The zero-order valence-electron chi connectivity index (χ0n) is 16.3. The minimum atomic E-state index is -1.21. The summed E-state index contributed by atoms with van der Waals surface area (Å²) >= 11 is 0. The van der Waals surface area contributed by atoms with E-state index in [1.165, 1.54) is 16.7 Å². The van der Waals surface area contributed by atoms with Gasteiger partial charge in [-0.25, -0.2) is 8.93 Å². The monoisotopic (exact) mass is 382 g/mol. The highest BCUT2D eigenvalue weighted by molar-refractivity contribution is 7.83. The number of hydrogen-bond donors (Lipinski definition) is 2. The lowest BCUT2D eigenvalue weighted by Crippen LogP contribution is -2.36. The third-order valence-corrected chi connectivity index (χ3v) is 6.02. The first-order valence-electron chi connectivity index (χ1n) is 9.84. The molecule has 0 radical (unpaired) electrons. The highest BCUT2D eigenvalue weighted by Gasteiger charge is 2.15. The number of fused-ring (bicyclic) bond motifs is 1. The molecule has 0 fully saturated rings. The van der Waals surface area contributed by atoms with Crippen molar-refractivity contribution in [2.45, 2.75) is 44.0 Å². The number of rotatable bonds is 10. The van der Waals surface area contributed by atoms with Crippen LogP contribution in [0.1, 0.15) is 37.0 Å². The van der Waals surface area contributed by atoms with Crippen LogP contribution in [-0.4, -0.2) is 23.3 Å². The van der Waals surface area contributed by atoms with Crippen LogP contribution in [0.3, 0.4) is 0 Å². The van der Waals surface area contributed by atoms with E-state index in [2.05, 4.69) is 72.4 Å². The van der Waals surface area contributed by atoms with Gasteiger partial charge in [0.15, 0.2) is 0 Å². The Balaban J connectivity index is 1.64. The van der Waals surface area contributed by atoms with Gasteiger partial charge in [-0.2, -0.15) is 0 Å². The molecule has 0 bridgehead atoms. The van der Waals surface area contributed by atoms with Gasteiger partial charge in [0.1, 0.15) is 11.0 Å². The second-order valence-electron chi connectivity index (χ2n) is 7.63. The van der Waals surface area contributed by atoms with Gasteiger partial charge >= 0.3 is 0 Å². The van der Waals surface area contributed by atoms with E-state index in [-0.39, 0.29) is 6.04 Å². The van der Waals surface area contributed by atoms with Gasteiger partial charge in [-0.1, -0.05) is 62.4 Å². The van der Waals surface area contributed by atoms with Gasteiger partial charge in [0.05, 0.1) is 4.90 Å². The van der Waals surface area contributed by atoms with Gasteiger partial charge in [0.25, 0.3) is 0 Å². The predicted molar refractivity (Wildman–Crippen MR) is 115 cm³/mol. The van der Waals surface area contributed by atoms with Gasteiger partial charge in [0.2, 0.25) is 0 Å². The number of allylic oxidation sites excluding steroid dienone is 1. The maximum Gasteiger partial charge on any atom is 0.125 e. The molecule has 0 spiro atoms. The molecule has 144 valence electrons. The molecule has 1 unspecified atom stereocenters. The molecule has 2 N–H and O–H groups in total. The predicted octanol–water partition coefficient (Wildman–Crippen LogP) is 4.12. The number of benzene rings is 2. The van der Waals surface area contributed by atoms with E-state index in [1.807, 2.05) is 12.1 Å². The summed E-state index contributed by atoms with van der Waals surface area (Å²) in [7, 11) is -1.21. The summed E-state index contributed by atoms with van der Waals surface area (Å²) < 4.78 is 16.3. The number of hydrogen-bond acceptors (Lipinski definition) is 2. The van der Waals surface area contributed by atoms with Crippen molar-refractivity contribution in [1.82, 2.24) is 10.0 Å². The van der Waals surface area contributed by atoms with Gasteiger partial charge in [-0.15, -0.1) is 0 Å². The van der Waals surface area contributed by atoms with E-state index in [4.69, 9.17) is 0 Å². The largest absolute Gasteiger partial charge is 0.316 e. The summed E-state index contributed by atoms with van der Waals surface area (Å²) in [5.41, 5.74) is 3.78. The van der Waals surface area contributed by atoms with Crippen molar-refractivity contribution in [2.75, 3.05) is 13.1 Å². The lowest BCUT2D eigenvalue weighted by molar-refractivity contribution is 0.495. The van der Waals surface area contributed by atoms with Crippen molar-refractivity contribution in [3.8, 4) is 0 Å². The first kappa shape index (κ1) is 20.0. The quantitative estimate of drug-likeness (QED) is 0.607. The van der Waals surface area contributed by atoms with E-state index in [9.17, 15) is 4.21 Å². The lowest BCUT2D eigenvalue weighted by atomic mass is 10.0. The minimum absolute atomic E-state index is 0.164. The van der Waals surface area contributed by atoms with Crippen LogP contribution in [-0.2, 0) is 23.8 Å². The lowest BCUT2D eigenvalue weighted by Gasteiger charge is -2.19. The molecule has 2 aromatic carbocycles. The first-order valence-corrected chi connectivity index (χ1v) is 11.0. The van der Waals surface area contributed by atoms with Crippen LogP contribution in [0.2, 0.25) is 0 Å². The fourth-order valence-corrected chi connectivity index (χ4v) is 4.40. The molecule has 0 aliphatic heterocycles. The van der Waals surface area contributed by atoms with Crippen LogP contribution in [0.15, 0.2) is 59.5 Å². The molecule has 3 rings (SSSR count). The van der Waals surface area contributed by atoms with Gasteiger partial charge in [0, 0.05) is 6.04 Å². The van der Waals surface area contributed by atoms with Crippen molar-refractivity contribution in [3.05, 3.63) is 71.3 Å². The highest BCUT2D eigenvalue weighted by Crippen LogP contribution is 2.22. The zero-order chi connectivity index (χ0) is 19.1. The molecule has 2 atom stereocenters. The minimum Gasteiger partial charge on any atom is -0.316 e. The Labute approximate surface area is 165 Å². The van der Waals surface area contributed by atoms with E-state index in [1.54, 1.807) is 0 Å². The van der Waals surface area contributed by atoms with Gasteiger partial charge in [-0.3, -0.25) is 0 Å². The SMILES string of the molecule is CC(C)CNCC[C@H](Cc1ccccc1)NS(=O)c1ccc2c(c1)C=CC2. The molecule has 1 aliphatic rings. The second kappa shape index (κ2) is 9.98. The van der Waals surface area contributed by atoms with Crippen molar-refractivity contribution in [3.63, 3.8) is 0 Å². The first-order chi connectivity index (χ1) is 13.1. The molecule has 0 saturated carbocycles. The average Bonchev–Trinajstić information content (AvgIpc) is 3.13. The van der Waals surface area contributed by atoms with Crippen LogP contribution in [0, 0.1) is 5.92 Å². The maximum absolute atomic E-state index is 12.9. The fraction of sp³-hybridized carbons (Fsp3) is 0.391. The molecule has 3 nitrogen and oxygen atoms in total. The van der Waals surface area contributed by atoms with Crippen LogP contribution < -0.4 is 10.0 Å². The van der Waals surface area contributed by atoms with Crippen LogP contribution in [0.25, 0.3) is 6.08 Å². The number of nitrogens with one attached hydrogen (secondary N) is 2. The van der Waals surface area contributed by atoms with Gasteiger partial charge < -0.3 is 5.32 Å². The summed E-state index contributed by atoms with van der Waals surface area (Å²) in [6.07, 6.45) is 7.07. The molecule has 0 amide bonds. The second-order valence-corrected chi connectivity index (χ2v) is 8.87. The molecule has 2 aromatic rings. The molecular weight excluding hydrogens is 352 g/mol. The molecule has 27 heavy (non-hydrogen) atoms. The Bertz CT molecular complexity index is 786. The smallest absolute Gasteiger partial charge is 0.125 e. The van der Waals surface area contributed by atoms with Crippen molar-refractivity contribution in [1.29, 1.82) is 0 Å². The van der Waals surface area contributed by atoms with Crippen molar-refractivity contribution < 1.29 is 4.21 Å². The fourth-order valence-electron chi connectivity index (χ4n) is 3.33. The Morgan fingerprint density at radius 1 is 1.11 bits per heavy atom. The molecule has 1 aliphatic carbocycles. The summed E-state index contributed by atoms with van der Waals surface area (Å²) in [5, 5.41) is 3.50. The van der Waals surface area contributed by atoms with Crippen LogP contribution >= 0.6 is 0 Å². The molecular formula is C23H30N2OS. The van der Waals surface area contributed by atoms with E-state index < -0.39 is 11.0 Å². The molecule has 0 aromatic heterocycles. The normalized spacial score (nSPS) is 15.1. The Morgan fingerprint density at radius 2 is 1.93 bits per heavy atom. The van der Waals surface area contributed by atoms with E-state index in [0.717, 1.165) is 37.2 Å². The topological polar surface area (TPSA) is 41.1 Å². The molecule has 0 saturated heterocycles. The summed E-state index contributed by atoms with van der Waals surface area (Å²) in [6.45, 7) is 6.36. The molecule has 0 heterocycles.